The first kappa shape index (κ1) is 17.5. The molecule has 0 radical (unpaired) electrons. The Morgan fingerprint density at radius 2 is 1.81 bits per heavy atom. The maximum atomic E-state index is 12.7. The van der Waals surface area contributed by atoms with Gasteiger partial charge in [0.05, 0.1) is 12.7 Å². The summed E-state index contributed by atoms with van der Waals surface area (Å²) in [6, 6.07) is 8.89. The molecular weight excluding hydrogens is 338 g/mol. The van der Waals surface area contributed by atoms with E-state index in [1.54, 1.807) is 0 Å². The molecule has 0 aromatic heterocycles. The van der Waals surface area contributed by atoms with Gasteiger partial charge in [-0.15, -0.1) is 0 Å². The average Bonchev–Trinajstić information content (AvgIpc) is 3.49. The fourth-order valence-electron chi connectivity index (χ4n) is 5.00. The highest BCUT2D eigenvalue weighted by Gasteiger charge is 2.42. The second-order valence-electron chi connectivity index (χ2n) is 8.82. The van der Waals surface area contributed by atoms with Crippen molar-refractivity contribution in [2.24, 2.45) is 5.92 Å². The van der Waals surface area contributed by atoms with Crippen LogP contribution in [-0.4, -0.2) is 61.8 Å². The third-order valence-electron chi connectivity index (χ3n) is 6.78. The molecule has 3 aliphatic heterocycles. The highest BCUT2D eigenvalue weighted by Crippen LogP contribution is 2.37. The Labute approximate surface area is 162 Å². The van der Waals surface area contributed by atoms with Crippen LogP contribution in [0.15, 0.2) is 24.3 Å². The molecule has 5 nitrogen and oxygen atoms in total. The van der Waals surface area contributed by atoms with Gasteiger partial charge in [-0.3, -0.25) is 9.69 Å². The van der Waals surface area contributed by atoms with Crippen molar-refractivity contribution in [3.63, 3.8) is 0 Å². The molecule has 5 rings (SSSR count). The molecule has 1 amide bonds. The molecule has 4 aliphatic rings. The summed E-state index contributed by atoms with van der Waals surface area (Å²) >= 11 is 0. The van der Waals surface area contributed by atoms with E-state index in [0.29, 0.717) is 12.1 Å². The predicted molar refractivity (Wildman–Crippen MR) is 106 cm³/mol. The van der Waals surface area contributed by atoms with Crippen LogP contribution in [0.1, 0.15) is 48.9 Å². The van der Waals surface area contributed by atoms with Gasteiger partial charge in [0, 0.05) is 49.5 Å². The minimum absolute atomic E-state index is 0.0599. The summed E-state index contributed by atoms with van der Waals surface area (Å²) in [5.41, 5.74) is 2.01. The van der Waals surface area contributed by atoms with E-state index in [2.05, 4.69) is 27.2 Å². The Bertz CT molecular complexity index is 667. The number of ether oxygens (including phenoxy) is 1. The molecule has 1 N–H and O–H groups in total. The lowest BCUT2D eigenvalue weighted by Crippen LogP contribution is -2.47. The lowest BCUT2D eigenvalue weighted by molar-refractivity contribution is -0.0581. The lowest BCUT2D eigenvalue weighted by atomic mass is 10.1. The molecule has 0 unspecified atom stereocenters. The summed E-state index contributed by atoms with van der Waals surface area (Å²) < 4.78 is 6.07. The van der Waals surface area contributed by atoms with Crippen molar-refractivity contribution in [1.29, 1.82) is 0 Å². The van der Waals surface area contributed by atoms with Gasteiger partial charge in [-0.05, 0) is 68.7 Å². The third kappa shape index (κ3) is 3.85. The minimum atomic E-state index is 0.0599. The van der Waals surface area contributed by atoms with Crippen LogP contribution >= 0.6 is 0 Å². The van der Waals surface area contributed by atoms with Crippen LogP contribution in [0.25, 0.3) is 0 Å². The summed E-state index contributed by atoms with van der Waals surface area (Å²) in [5, 5.41) is 3.26. The number of carbonyl (C=O) groups is 1. The highest BCUT2D eigenvalue weighted by molar-refractivity contribution is 5.94. The van der Waals surface area contributed by atoms with Gasteiger partial charge in [-0.1, -0.05) is 0 Å². The molecule has 3 heterocycles. The standard InChI is InChI=1S/C22H31N3O2/c26-22(17-6-8-19(9-7-17)24-10-2-1-3-11-24)23-18-12-20-15-27-21(16-4-5-16)14-25(20)13-18/h6-9,16,18,20-21H,1-5,10-15H2,(H,23,26)/t18-,20-,21+/m0/s1. The summed E-state index contributed by atoms with van der Waals surface area (Å²) in [4.78, 5) is 17.7. The molecule has 3 saturated heterocycles. The molecule has 0 spiro atoms. The Balaban J connectivity index is 1.16. The van der Waals surface area contributed by atoms with E-state index in [1.165, 1.54) is 37.8 Å². The molecule has 4 fully saturated rings. The van der Waals surface area contributed by atoms with Crippen molar-refractivity contribution in [3.8, 4) is 0 Å². The Morgan fingerprint density at radius 1 is 1.04 bits per heavy atom. The van der Waals surface area contributed by atoms with Crippen LogP contribution in [0, 0.1) is 5.92 Å². The highest BCUT2D eigenvalue weighted by atomic mass is 16.5. The van der Waals surface area contributed by atoms with Crippen molar-refractivity contribution in [3.05, 3.63) is 29.8 Å². The Kier molecular flexibility index (Phi) is 4.82. The molecule has 3 atom stereocenters. The van der Waals surface area contributed by atoms with Gasteiger partial charge in [0.1, 0.15) is 0 Å². The third-order valence-corrected chi connectivity index (χ3v) is 6.78. The molecule has 1 aromatic rings. The maximum Gasteiger partial charge on any atom is 0.251 e. The van der Waals surface area contributed by atoms with E-state index >= 15 is 0 Å². The van der Waals surface area contributed by atoms with Gasteiger partial charge < -0.3 is 15.0 Å². The summed E-state index contributed by atoms with van der Waals surface area (Å²) in [7, 11) is 0. The van der Waals surface area contributed by atoms with Crippen molar-refractivity contribution < 1.29 is 9.53 Å². The fraction of sp³-hybridized carbons (Fsp3) is 0.682. The van der Waals surface area contributed by atoms with Crippen molar-refractivity contribution in [2.75, 3.05) is 37.7 Å². The predicted octanol–water partition coefficient (Wildman–Crippen LogP) is 2.66. The van der Waals surface area contributed by atoms with Crippen molar-refractivity contribution >= 4 is 11.6 Å². The molecular formula is C22H31N3O2. The summed E-state index contributed by atoms with van der Waals surface area (Å²) in [6.45, 7) is 5.11. The number of nitrogens with one attached hydrogen (secondary N) is 1. The van der Waals surface area contributed by atoms with E-state index in [0.717, 1.165) is 50.7 Å². The Morgan fingerprint density at radius 3 is 2.56 bits per heavy atom. The van der Waals surface area contributed by atoms with Gasteiger partial charge in [0.15, 0.2) is 0 Å². The zero-order valence-electron chi connectivity index (χ0n) is 16.1. The fourth-order valence-corrected chi connectivity index (χ4v) is 5.00. The van der Waals surface area contributed by atoms with Gasteiger partial charge in [-0.25, -0.2) is 0 Å². The molecule has 1 saturated carbocycles. The van der Waals surface area contributed by atoms with E-state index < -0.39 is 0 Å². The second-order valence-corrected chi connectivity index (χ2v) is 8.82. The summed E-state index contributed by atoms with van der Waals surface area (Å²) in [6.07, 6.45) is 7.98. The molecule has 0 bridgehead atoms. The first-order valence-corrected chi connectivity index (χ1v) is 10.8. The quantitative estimate of drug-likeness (QED) is 0.886. The van der Waals surface area contributed by atoms with E-state index in [4.69, 9.17) is 4.74 Å². The molecule has 27 heavy (non-hydrogen) atoms. The van der Waals surface area contributed by atoms with Crippen LogP contribution in [-0.2, 0) is 4.74 Å². The van der Waals surface area contributed by atoms with Crippen LogP contribution in [0.5, 0.6) is 0 Å². The number of piperidine rings is 1. The van der Waals surface area contributed by atoms with Crippen LogP contribution in [0.4, 0.5) is 5.69 Å². The van der Waals surface area contributed by atoms with Crippen molar-refractivity contribution in [2.45, 2.75) is 56.7 Å². The number of hydrogen-bond donors (Lipinski definition) is 1. The first-order valence-electron chi connectivity index (χ1n) is 10.8. The number of nitrogens with zero attached hydrogens (tertiary/aromatic N) is 2. The minimum Gasteiger partial charge on any atom is -0.375 e. The number of rotatable bonds is 4. The summed E-state index contributed by atoms with van der Waals surface area (Å²) in [5.74, 6) is 0.850. The van der Waals surface area contributed by atoms with Gasteiger partial charge in [0.25, 0.3) is 5.91 Å². The molecule has 5 heteroatoms. The van der Waals surface area contributed by atoms with Gasteiger partial charge in [0.2, 0.25) is 0 Å². The average molecular weight is 370 g/mol. The van der Waals surface area contributed by atoms with Crippen molar-refractivity contribution in [1.82, 2.24) is 10.2 Å². The molecule has 1 aromatic carbocycles. The topological polar surface area (TPSA) is 44.8 Å². The second kappa shape index (κ2) is 7.44. The number of benzene rings is 1. The molecule has 146 valence electrons. The van der Waals surface area contributed by atoms with Crippen LogP contribution in [0.2, 0.25) is 0 Å². The molecule has 1 aliphatic carbocycles. The smallest absolute Gasteiger partial charge is 0.251 e. The number of hydrogen-bond acceptors (Lipinski definition) is 4. The number of carbonyl (C=O) groups excluding carboxylic acids is 1. The van der Waals surface area contributed by atoms with E-state index in [1.807, 2.05) is 12.1 Å². The van der Waals surface area contributed by atoms with Crippen LogP contribution < -0.4 is 10.2 Å². The number of morpholine rings is 1. The number of amides is 1. The van der Waals surface area contributed by atoms with Crippen LogP contribution in [0.3, 0.4) is 0 Å². The largest absolute Gasteiger partial charge is 0.375 e. The maximum absolute atomic E-state index is 12.7. The van der Waals surface area contributed by atoms with E-state index in [-0.39, 0.29) is 11.9 Å². The monoisotopic (exact) mass is 369 g/mol. The zero-order valence-corrected chi connectivity index (χ0v) is 16.1. The van der Waals surface area contributed by atoms with Gasteiger partial charge in [-0.2, -0.15) is 0 Å². The normalized spacial score (nSPS) is 31.6. The number of anilines is 1. The Hall–Kier alpha value is -1.59. The van der Waals surface area contributed by atoms with Gasteiger partial charge >= 0.3 is 0 Å². The van der Waals surface area contributed by atoms with E-state index in [9.17, 15) is 4.79 Å². The number of fused-ring (bicyclic) bond motifs is 1. The SMILES string of the molecule is O=C(N[C@H]1C[C@H]2CO[C@@H](C3CC3)CN2C1)c1ccc(N2CCCCC2)cc1. The first-order chi connectivity index (χ1) is 13.3. The lowest BCUT2D eigenvalue weighted by Gasteiger charge is -2.35. The zero-order chi connectivity index (χ0) is 18.2.